The zero-order valence-electron chi connectivity index (χ0n) is 7.94. The van der Waals surface area contributed by atoms with E-state index < -0.39 is 18.8 Å². The van der Waals surface area contributed by atoms with Gasteiger partial charge in [-0.3, -0.25) is 4.84 Å². The number of nitrogens with one attached hydrogen (secondary N) is 2. The van der Waals surface area contributed by atoms with Crippen LogP contribution in [-0.4, -0.2) is 25.4 Å². The first-order valence-corrected chi connectivity index (χ1v) is 4.03. The Balaban J connectivity index is 3.47. The zero-order chi connectivity index (χ0) is 11.2. The Labute approximate surface area is 79.8 Å². The van der Waals surface area contributed by atoms with Gasteiger partial charge in [-0.25, -0.2) is 10.3 Å². The second-order valence-electron chi connectivity index (χ2n) is 3.10. The van der Waals surface area contributed by atoms with Gasteiger partial charge >= 0.3 is 12.2 Å². The monoisotopic (exact) mass is 214 g/mol. The maximum atomic E-state index is 11.6. The molecule has 2 N–H and O–H groups in total. The predicted molar refractivity (Wildman–Crippen MR) is 43.4 cm³/mol. The summed E-state index contributed by atoms with van der Waals surface area (Å²) in [4.78, 5) is 15.2. The van der Waals surface area contributed by atoms with Crippen LogP contribution in [0, 0.1) is 5.92 Å². The number of rotatable bonds is 4. The topological polar surface area (TPSA) is 50.4 Å². The molecule has 0 atom stereocenters. The quantitative estimate of drug-likeness (QED) is 0.695. The normalized spacial score (nSPS) is 11.6. The highest BCUT2D eigenvalue weighted by Gasteiger charge is 2.27. The number of hydrogen-bond donors (Lipinski definition) is 2. The lowest BCUT2D eigenvalue weighted by Gasteiger charge is -2.10. The Morgan fingerprint density at radius 3 is 2.43 bits per heavy atom. The number of halogens is 3. The molecule has 0 bridgehead atoms. The molecule has 14 heavy (non-hydrogen) atoms. The third-order valence-electron chi connectivity index (χ3n) is 1.03. The van der Waals surface area contributed by atoms with Crippen LogP contribution < -0.4 is 10.8 Å². The molecular formula is C7H13F3N2O2. The number of urea groups is 1. The number of hydroxylamine groups is 1. The summed E-state index contributed by atoms with van der Waals surface area (Å²) in [5.41, 5.74) is 1.84. The minimum Gasteiger partial charge on any atom is -0.327 e. The fourth-order valence-electron chi connectivity index (χ4n) is 0.490. The first-order chi connectivity index (χ1) is 6.31. The maximum absolute atomic E-state index is 11.6. The second-order valence-corrected chi connectivity index (χ2v) is 3.10. The van der Waals surface area contributed by atoms with Gasteiger partial charge in [0.15, 0.2) is 0 Å². The van der Waals surface area contributed by atoms with Crippen LogP contribution in [0.3, 0.4) is 0 Å². The van der Waals surface area contributed by atoms with Crippen molar-refractivity contribution in [2.75, 3.05) is 13.2 Å². The highest BCUT2D eigenvalue weighted by molar-refractivity contribution is 5.72. The standard InChI is InChI=1S/C7H13F3N2O2/c1-5(2)3-14-12-6(13)11-4-7(8,9)10/h5H,3-4H2,1-2H3,(H2,11,12,13). The van der Waals surface area contributed by atoms with E-state index in [-0.39, 0.29) is 12.5 Å². The van der Waals surface area contributed by atoms with Gasteiger partial charge in [0, 0.05) is 0 Å². The molecule has 2 amide bonds. The summed E-state index contributed by atoms with van der Waals surface area (Å²) in [6.45, 7) is 2.56. The molecule has 0 rings (SSSR count). The van der Waals surface area contributed by atoms with Crippen LogP contribution >= 0.6 is 0 Å². The van der Waals surface area contributed by atoms with E-state index in [2.05, 4.69) is 4.84 Å². The minimum atomic E-state index is -4.41. The Kier molecular flexibility index (Phi) is 5.29. The first-order valence-electron chi connectivity index (χ1n) is 4.03. The molecule has 4 nitrogen and oxygen atoms in total. The van der Waals surface area contributed by atoms with E-state index in [4.69, 9.17) is 0 Å². The highest BCUT2D eigenvalue weighted by atomic mass is 19.4. The van der Waals surface area contributed by atoms with Crippen LogP contribution in [0.15, 0.2) is 0 Å². The van der Waals surface area contributed by atoms with Gasteiger partial charge in [0.2, 0.25) is 0 Å². The van der Waals surface area contributed by atoms with Crippen molar-refractivity contribution in [2.45, 2.75) is 20.0 Å². The summed E-state index contributed by atoms with van der Waals surface area (Å²) >= 11 is 0. The largest absolute Gasteiger partial charge is 0.405 e. The molecule has 0 aliphatic heterocycles. The Hall–Kier alpha value is -0.980. The Morgan fingerprint density at radius 1 is 1.43 bits per heavy atom. The van der Waals surface area contributed by atoms with Crippen molar-refractivity contribution < 1.29 is 22.8 Å². The van der Waals surface area contributed by atoms with Crippen molar-refractivity contribution in [1.29, 1.82) is 0 Å². The van der Waals surface area contributed by atoms with Crippen LogP contribution in [0.5, 0.6) is 0 Å². The zero-order valence-corrected chi connectivity index (χ0v) is 7.94. The number of hydrogen-bond acceptors (Lipinski definition) is 2. The molecule has 0 aromatic carbocycles. The van der Waals surface area contributed by atoms with Crippen molar-refractivity contribution in [2.24, 2.45) is 5.92 Å². The van der Waals surface area contributed by atoms with Crippen molar-refractivity contribution in [3.8, 4) is 0 Å². The van der Waals surface area contributed by atoms with Gasteiger partial charge in [0.05, 0.1) is 6.61 Å². The summed E-state index contributed by atoms with van der Waals surface area (Å²) in [6.07, 6.45) is -4.41. The van der Waals surface area contributed by atoms with E-state index in [0.29, 0.717) is 0 Å². The lowest BCUT2D eigenvalue weighted by Crippen LogP contribution is -2.41. The minimum absolute atomic E-state index is 0.193. The molecule has 0 saturated carbocycles. The van der Waals surface area contributed by atoms with Crippen LogP contribution in [0.4, 0.5) is 18.0 Å². The van der Waals surface area contributed by atoms with Gasteiger partial charge in [-0.05, 0) is 5.92 Å². The molecule has 0 aromatic rings. The summed E-state index contributed by atoms with van der Waals surface area (Å²) in [5.74, 6) is 0.193. The van der Waals surface area contributed by atoms with Crippen LogP contribution in [-0.2, 0) is 4.84 Å². The van der Waals surface area contributed by atoms with Crippen molar-refractivity contribution in [1.82, 2.24) is 10.8 Å². The summed E-state index contributed by atoms with van der Waals surface area (Å²) in [5, 5.41) is 1.60. The maximum Gasteiger partial charge on any atom is 0.405 e. The molecule has 0 fully saturated rings. The van der Waals surface area contributed by atoms with Gasteiger partial charge in [0.1, 0.15) is 6.54 Å². The third-order valence-corrected chi connectivity index (χ3v) is 1.03. The molecule has 84 valence electrons. The fourth-order valence-corrected chi connectivity index (χ4v) is 0.490. The van der Waals surface area contributed by atoms with Crippen molar-refractivity contribution in [3.63, 3.8) is 0 Å². The highest BCUT2D eigenvalue weighted by Crippen LogP contribution is 2.11. The number of amides is 2. The van der Waals surface area contributed by atoms with Gasteiger partial charge in [0.25, 0.3) is 0 Å². The summed E-state index contributed by atoms with van der Waals surface area (Å²) in [6, 6.07) is -0.997. The van der Waals surface area contributed by atoms with Crippen molar-refractivity contribution >= 4 is 6.03 Å². The van der Waals surface area contributed by atoms with Gasteiger partial charge in [-0.2, -0.15) is 13.2 Å². The Morgan fingerprint density at radius 2 is 2.00 bits per heavy atom. The number of carbonyl (C=O) groups excluding carboxylic acids is 1. The molecular weight excluding hydrogens is 201 g/mol. The average Bonchev–Trinajstić information content (AvgIpc) is 1.99. The SMILES string of the molecule is CC(C)CONC(=O)NCC(F)(F)F. The van der Waals surface area contributed by atoms with Crippen LogP contribution in [0.2, 0.25) is 0 Å². The Bertz CT molecular complexity index is 182. The third kappa shape index (κ3) is 9.11. The summed E-state index contributed by atoms with van der Waals surface area (Å²) in [7, 11) is 0. The first kappa shape index (κ1) is 13.0. The lowest BCUT2D eigenvalue weighted by atomic mass is 10.2. The molecule has 7 heteroatoms. The molecule has 0 spiro atoms. The van der Waals surface area contributed by atoms with E-state index >= 15 is 0 Å². The fraction of sp³-hybridized carbons (Fsp3) is 0.857. The van der Waals surface area contributed by atoms with Crippen LogP contribution in [0.25, 0.3) is 0 Å². The molecule has 0 unspecified atom stereocenters. The number of alkyl halides is 3. The van der Waals surface area contributed by atoms with Gasteiger partial charge < -0.3 is 5.32 Å². The second kappa shape index (κ2) is 5.69. The van der Waals surface area contributed by atoms with Crippen molar-refractivity contribution in [3.05, 3.63) is 0 Å². The number of carbonyl (C=O) groups is 1. The van der Waals surface area contributed by atoms with E-state index in [1.807, 2.05) is 19.3 Å². The molecule has 0 aromatic heterocycles. The predicted octanol–water partition coefficient (Wildman–Crippen LogP) is 1.44. The van der Waals surface area contributed by atoms with Gasteiger partial charge in [-0.1, -0.05) is 13.8 Å². The molecule has 0 aliphatic carbocycles. The molecule has 0 saturated heterocycles. The van der Waals surface area contributed by atoms with E-state index in [9.17, 15) is 18.0 Å². The summed E-state index contributed by atoms with van der Waals surface area (Å²) < 4.78 is 34.7. The molecule has 0 heterocycles. The van der Waals surface area contributed by atoms with E-state index in [1.54, 1.807) is 5.32 Å². The van der Waals surface area contributed by atoms with E-state index in [0.717, 1.165) is 0 Å². The smallest absolute Gasteiger partial charge is 0.327 e. The van der Waals surface area contributed by atoms with E-state index in [1.165, 1.54) is 0 Å². The van der Waals surface area contributed by atoms with Gasteiger partial charge in [-0.15, -0.1) is 0 Å². The van der Waals surface area contributed by atoms with Crippen LogP contribution in [0.1, 0.15) is 13.8 Å². The molecule has 0 aliphatic rings. The molecule has 0 radical (unpaired) electrons. The average molecular weight is 214 g/mol. The lowest BCUT2D eigenvalue weighted by molar-refractivity contribution is -0.123.